The van der Waals surface area contributed by atoms with Crippen LogP contribution in [0, 0.1) is 23.0 Å². The smallest absolute Gasteiger partial charge is 0.268 e. The van der Waals surface area contributed by atoms with Gasteiger partial charge >= 0.3 is 0 Å². The number of hydrogen-bond acceptors (Lipinski definition) is 5. The van der Waals surface area contributed by atoms with Crippen LogP contribution in [-0.2, 0) is 10.0 Å². The van der Waals surface area contributed by atoms with Gasteiger partial charge in [-0.1, -0.05) is 17.7 Å². The number of halogens is 4. The lowest BCUT2D eigenvalue weighted by Gasteiger charge is -2.62. The second-order valence-electron chi connectivity index (χ2n) is 8.14. The van der Waals surface area contributed by atoms with E-state index in [2.05, 4.69) is 23.7 Å². The van der Waals surface area contributed by atoms with Crippen molar-refractivity contribution in [3.8, 4) is 0 Å². The van der Waals surface area contributed by atoms with Gasteiger partial charge in [0, 0.05) is 43.7 Å². The van der Waals surface area contributed by atoms with Crippen molar-refractivity contribution < 1.29 is 21.6 Å². The van der Waals surface area contributed by atoms with Crippen LogP contribution >= 0.6 is 11.6 Å². The SMILES string of the molecule is CC(C)N1CC2(CN(c3cc(F)c(S(=O)(=O)Nc4cccc(F)n4)c(F)c3Cl)C2)C1. The molecular weight excluding hydrogens is 441 g/mol. The van der Waals surface area contributed by atoms with E-state index in [0.29, 0.717) is 19.1 Å². The number of aromatic nitrogens is 1. The standard InChI is InChI=1S/C19H20ClF3N4O2S/c1-11(2)26-7-19(8-26)9-27(10-19)13-6-12(21)18(17(23)16(13)20)30(28,29)25-15-5-3-4-14(22)24-15/h3-6,11H,7-10H2,1-2H3,(H,24,25). The van der Waals surface area contributed by atoms with Crippen molar-refractivity contribution in [1.82, 2.24) is 9.88 Å². The molecule has 3 heterocycles. The molecule has 0 amide bonds. The van der Waals surface area contributed by atoms with E-state index in [1.807, 2.05) is 4.72 Å². The van der Waals surface area contributed by atoms with Crippen molar-refractivity contribution in [3.05, 3.63) is 46.9 Å². The van der Waals surface area contributed by atoms with E-state index in [9.17, 15) is 21.6 Å². The molecule has 1 aromatic carbocycles. The molecule has 0 bridgehead atoms. The topological polar surface area (TPSA) is 65.5 Å². The number of pyridine rings is 1. The maximum atomic E-state index is 14.9. The summed E-state index contributed by atoms with van der Waals surface area (Å²) < 4.78 is 69.6. The number of benzene rings is 1. The molecule has 2 fully saturated rings. The second kappa shape index (κ2) is 7.28. The second-order valence-corrected chi connectivity index (χ2v) is 10.1. The third-order valence-corrected chi connectivity index (χ3v) is 7.27. The molecule has 4 rings (SSSR count). The number of likely N-dealkylation sites (tertiary alicyclic amines) is 1. The highest BCUT2D eigenvalue weighted by atomic mass is 35.5. The summed E-state index contributed by atoms with van der Waals surface area (Å²) >= 11 is 6.08. The molecular formula is C19H20ClF3N4O2S. The zero-order valence-corrected chi connectivity index (χ0v) is 17.9. The number of nitrogens with zero attached hydrogens (tertiary/aromatic N) is 3. The van der Waals surface area contributed by atoms with Gasteiger partial charge in [0.25, 0.3) is 10.0 Å². The summed E-state index contributed by atoms with van der Waals surface area (Å²) in [7, 11) is -4.72. The molecule has 11 heteroatoms. The molecule has 0 saturated carbocycles. The normalized spacial score (nSPS) is 18.4. The van der Waals surface area contributed by atoms with E-state index in [1.54, 1.807) is 4.90 Å². The van der Waals surface area contributed by atoms with Crippen molar-refractivity contribution in [3.63, 3.8) is 0 Å². The summed E-state index contributed by atoms with van der Waals surface area (Å²) in [5.74, 6) is -4.02. The molecule has 0 aliphatic carbocycles. The highest BCUT2D eigenvalue weighted by Gasteiger charge is 2.52. The average Bonchev–Trinajstić information content (AvgIpc) is 2.55. The third-order valence-electron chi connectivity index (χ3n) is 5.52. The van der Waals surface area contributed by atoms with Crippen LogP contribution in [0.2, 0.25) is 5.02 Å². The Morgan fingerprint density at radius 1 is 1.17 bits per heavy atom. The maximum absolute atomic E-state index is 14.9. The monoisotopic (exact) mass is 460 g/mol. The lowest BCUT2D eigenvalue weighted by atomic mass is 9.72. The molecule has 2 aromatic rings. The predicted molar refractivity (Wildman–Crippen MR) is 108 cm³/mol. The minimum Gasteiger partial charge on any atom is -0.369 e. The molecule has 2 aliphatic rings. The van der Waals surface area contributed by atoms with Gasteiger partial charge in [-0.2, -0.15) is 4.39 Å². The highest BCUT2D eigenvalue weighted by Crippen LogP contribution is 2.45. The molecule has 2 saturated heterocycles. The summed E-state index contributed by atoms with van der Waals surface area (Å²) in [6, 6.07) is 4.74. The zero-order valence-electron chi connectivity index (χ0n) is 16.3. The van der Waals surface area contributed by atoms with Gasteiger partial charge in [0.1, 0.15) is 16.7 Å². The minimum absolute atomic E-state index is 0.0793. The molecule has 1 N–H and O–H groups in total. The molecule has 30 heavy (non-hydrogen) atoms. The van der Waals surface area contributed by atoms with Gasteiger partial charge < -0.3 is 4.90 Å². The van der Waals surface area contributed by atoms with Crippen molar-refractivity contribution in [2.75, 3.05) is 35.8 Å². The van der Waals surface area contributed by atoms with Crippen LogP contribution in [0.5, 0.6) is 0 Å². The lowest BCUT2D eigenvalue weighted by molar-refractivity contribution is -0.0411. The zero-order chi connectivity index (χ0) is 21.8. The van der Waals surface area contributed by atoms with Crippen LogP contribution in [0.4, 0.5) is 24.7 Å². The van der Waals surface area contributed by atoms with Gasteiger partial charge in [-0.15, -0.1) is 0 Å². The number of sulfonamides is 1. The summed E-state index contributed by atoms with van der Waals surface area (Å²) in [6.45, 7) is 7.20. The first-order valence-electron chi connectivity index (χ1n) is 9.33. The fourth-order valence-corrected chi connectivity index (χ4v) is 5.48. The van der Waals surface area contributed by atoms with E-state index in [0.717, 1.165) is 31.3 Å². The van der Waals surface area contributed by atoms with Gasteiger partial charge in [-0.05, 0) is 26.0 Å². The Morgan fingerprint density at radius 2 is 1.83 bits per heavy atom. The summed E-state index contributed by atoms with van der Waals surface area (Å²) in [5, 5.41) is -0.473. The van der Waals surface area contributed by atoms with Gasteiger partial charge in [0.2, 0.25) is 5.95 Å². The first-order chi connectivity index (χ1) is 14.0. The largest absolute Gasteiger partial charge is 0.369 e. The van der Waals surface area contributed by atoms with E-state index >= 15 is 0 Å². The van der Waals surface area contributed by atoms with Crippen molar-refractivity contribution in [1.29, 1.82) is 0 Å². The summed E-state index contributed by atoms with van der Waals surface area (Å²) in [5.41, 5.74) is 0.193. The molecule has 1 spiro atoms. The number of nitrogens with one attached hydrogen (secondary N) is 1. The number of anilines is 2. The lowest BCUT2D eigenvalue weighted by Crippen LogP contribution is -2.73. The van der Waals surface area contributed by atoms with E-state index < -0.39 is 43.3 Å². The Balaban J connectivity index is 1.57. The molecule has 2 aliphatic heterocycles. The highest BCUT2D eigenvalue weighted by molar-refractivity contribution is 7.92. The van der Waals surface area contributed by atoms with Crippen LogP contribution in [0.25, 0.3) is 0 Å². The van der Waals surface area contributed by atoms with Crippen LogP contribution in [-0.4, -0.2) is 50.5 Å². The fourth-order valence-electron chi connectivity index (χ4n) is 4.01. The predicted octanol–water partition coefficient (Wildman–Crippen LogP) is 3.48. The first-order valence-corrected chi connectivity index (χ1v) is 11.2. The van der Waals surface area contributed by atoms with Crippen molar-refractivity contribution >= 4 is 33.1 Å². The molecule has 0 atom stereocenters. The van der Waals surface area contributed by atoms with Crippen LogP contribution in [0.1, 0.15) is 13.8 Å². The Morgan fingerprint density at radius 3 is 2.43 bits per heavy atom. The Bertz CT molecular complexity index is 1100. The van der Waals surface area contributed by atoms with Gasteiger partial charge in [0.05, 0.1) is 5.69 Å². The van der Waals surface area contributed by atoms with E-state index in [1.165, 1.54) is 6.07 Å². The number of hydrogen-bond donors (Lipinski definition) is 1. The summed E-state index contributed by atoms with van der Waals surface area (Å²) in [4.78, 5) is 6.16. The Kier molecular flexibility index (Phi) is 5.14. The minimum atomic E-state index is -4.72. The maximum Gasteiger partial charge on any atom is 0.268 e. The van der Waals surface area contributed by atoms with Crippen molar-refractivity contribution in [2.24, 2.45) is 5.41 Å². The number of rotatable bonds is 5. The Hall–Kier alpha value is -2.04. The molecule has 162 valence electrons. The fraction of sp³-hybridized carbons (Fsp3) is 0.421. The van der Waals surface area contributed by atoms with E-state index in [4.69, 9.17) is 11.6 Å². The molecule has 6 nitrogen and oxygen atoms in total. The van der Waals surface area contributed by atoms with E-state index in [-0.39, 0.29) is 11.1 Å². The first kappa shape index (κ1) is 21.2. The third kappa shape index (κ3) is 3.61. The Labute approximate surface area is 177 Å². The summed E-state index contributed by atoms with van der Waals surface area (Å²) in [6.07, 6.45) is 0. The van der Waals surface area contributed by atoms with Gasteiger partial charge in [-0.3, -0.25) is 9.62 Å². The molecule has 0 unspecified atom stereocenters. The average molecular weight is 461 g/mol. The van der Waals surface area contributed by atoms with Crippen molar-refractivity contribution in [2.45, 2.75) is 24.8 Å². The van der Waals surface area contributed by atoms with Crippen LogP contribution < -0.4 is 9.62 Å². The quantitative estimate of drug-likeness (QED) is 0.546. The van der Waals surface area contributed by atoms with Crippen LogP contribution in [0.3, 0.4) is 0 Å². The van der Waals surface area contributed by atoms with Gasteiger partial charge in [-0.25, -0.2) is 22.2 Å². The molecule has 0 radical (unpaired) electrons. The van der Waals surface area contributed by atoms with Gasteiger partial charge in [0.15, 0.2) is 10.7 Å². The molecule has 1 aromatic heterocycles. The van der Waals surface area contributed by atoms with Crippen LogP contribution in [0.15, 0.2) is 29.2 Å².